The minimum atomic E-state index is 0.292. The van der Waals surface area contributed by atoms with Crippen LogP contribution in [0.3, 0.4) is 0 Å². The smallest absolute Gasteiger partial charge is 0.222 e. The summed E-state index contributed by atoms with van der Waals surface area (Å²) in [5.74, 6) is 1.06. The first-order valence-electron chi connectivity index (χ1n) is 6.55. The number of rotatable bonds is 1. The number of allylic oxidation sites excluding steroid dienone is 3. The zero-order valence-electron chi connectivity index (χ0n) is 11.5. The highest BCUT2D eigenvalue weighted by Gasteiger charge is 2.14. The number of hydrogen-bond donors (Lipinski definition) is 0. The standard InChI is InChI=1S/C10H16.C5H9NO/c1-8(2)10-6-4-9(3)5-7-10;1-6-4-2-3-5(6)7/h4,10H,1,5-7H2,2-3H3;2-4H2,1H3/t10-;/m0./s1. The van der Waals surface area contributed by atoms with Crippen molar-refractivity contribution >= 4 is 5.91 Å². The zero-order chi connectivity index (χ0) is 12.8. The van der Waals surface area contributed by atoms with Gasteiger partial charge in [-0.3, -0.25) is 4.79 Å². The van der Waals surface area contributed by atoms with E-state index in [1.54, 1.807) is 10.5 Å². The van der Waals surface area contributed by atoms with Crippen LogP contribution in [-0.4, -0.2) is 24.4 Å². The molecule has 96 valence electrons. The average Bonchev–Trinajstić information content (AvgIpc) is 2.65. The molecule has 2 aliphatic rings. The third kappa shape index (κ3) is 4.76. The lowest BCUT2D eigenvalue weighted by molar-refractivity contribution is -0.126. The second-order valence-corrected chi connectivity index (χ2v) is 5.29. The van der Waals surface area contributed by atoms with Crippen LogP contribution in [0.5, 0.6) is 0 Å². The summed E-state index contributed by atoms with van der Waals surface area (Å²) < 4.78 is 0. The molecule has 0 aromatic rings. The second kappa shape index (κ2) is 6.63. The van der Waals surface area contributed by atoms with Gasteiger partial charge in [0.15, 0.2) is 0 Å². The van der Waals surface area contributed by atoms with E-state index in [2.05, 4.69) is 26.5 Å². The van der Waals surface area contributed by atoms with Crippen molar-refractivity contribution in [3.63, 3.8) is 0 Å². The van der Waals surface area contributed by atoms with Crippen LogP contribution in [0.25, 0.3) is 0 Å². The maximum absolute atomic E-state index is 10.5. The Morgan fingerprint density at radius 3 is 2.47 bits per heavy atom. The zero-order valence-corrected chi connectivity index (χ0v) is 11.5. The first kappa shape index (κ1) is 14.0. The van der Waals surface area contributed by atoms with Gasteiger partial charge in [-0.15, -0.1) is 0 Å². The van der Waals surface area contributed by atoms with E-state index < -0.39 is 0 Å². The van der Waals surface area contributed by atoms with E-state index in [0.717, 1.165) is 25.3 Å². The lowest BCUT2D eigenvalue weighted by atomic mass is 9.86. The van der Waals surface area contributed by atoms with E-state index in [0.29, 0.717) is 5.91 Å². The summed E-state index contributed by atoms with van der Waals surface area (Å²) in [5.41, 5.74) is 2.90. The largest absolute Gasteiger partial charge is 0.346 e. The molecule has 1 atom stereocenters. The molecule has 1 aliphatic carbocycles. The lowest BCUT2D eigenvalue weighted by Crippen LogP contribution is -2.17. The number of carbonyl (C=O) groups excluding carboxylic acids is 1. The second-order valence-electron chi connectivity index (χ2n) is 5.29. The van der Waals surface area contributed by atoms with Crippen LogP contribution in [0, 0.1) is 5.92 Å². The molecule has 1 fully saturated rings. The van der Waals surface area contributed by atoms with Gasteiger partial charge in [-0.2, -0.15) is 0 Å². The Morgan fingerprint density at radius 2 is 2.18 bits per heavy atom. The molecular weight excluding hydrogens is 210 g/mol. The molecule has 0 aromatic carbocycles. The minimum absolute atomic E-state index is 0.292. The molecule has 0 N–H and O–H groups in total. The highest BCUT2D eigenvalue weighted by Crippen LogP contribution is 2.27. The summed E-state index contributed by atoms with van der Waals surface area (Å²) in [7, 11) is 1.84. The van der Waals surface area contributed by atoms with Crippen molar-refractivity contribution < 1.29 is 4.79 Å². The molecule has 0 radical (unpaired) electrons. The van der Waals surface area contributed by atoms with E-state index in [9.17, 15) is 4.79 Å². The number of nitrogens with zero attached hydrogens (tertiary/aromatic N) is 1. The fraction of sp³-hybridized carbons (Fsp3) is 0.667. The quantitative estimate of drug-likeness (QED) is 0.636. The van der Waals surface area contributed by atoms with Crippen LogP contribution in [-0.2, 0) is 4.79 Å². The summed E-state index contributed by atoms with van der Waals surface area (Å²) in [6.45, 7) is 9.29. The first-order valence-corrected chi connectivity index (χ1v) is 6.55. The lowest BCUT2D eigenvalue weighted by Gasteiger charge is -2.19. The topological polar surface area (TPSA) is 20.3 Å². The van der Waals surface area contributed by atoms with Gasteiger partial charge >= 0.3 is 0 Å². The van der Waals surface area contributed by atoms with Gasteiger partial charge in [0.1, 0.15) is 0 Å². The van der Waals surface area contributed by atoms with Gasteiger partial charge in [-0.25, -0.2) is 0 Å². The van der Waals surface area contributed by atoms with E-state index >= 15 is 0 Å². The number of likely N-dealkylation sites (tertiary alicyclic amines) is 1. The molecule has 1 aliphatic heterocycles. The van der Waals surface area contributed by atoms with Crippen LogP contribution < -0.4 is 0 Å². The van der Waals surface area contributed by atoms with Crippen molar-refractivity contribution in [2.24, 2.45) is 5.92 Å². The van der Waals surface area contributed by atoms with Gasteiger partial charge in [0.25, 0.3) is 0 Å². The van der Waals surface area contributed by atoms with E-state index in [-0.39, 0.29) is 0 Å². The number of carbonyl (C=O) groups is 1. The molecule has 1 amide bonds. The summed E-state index contributed by atoms with van der Waals surface area (Å²) in [5, 5.41) is 0. The predicted octanol–water partition coefficient (Wildman–Crippen LogP) is 3.55. The maximum Gasteiger partial charge on any atom is 0.222 e. The monoisotopic (exact) mass is 235 g/mol. The van der Waals surface area contributed by atoms with Gasteiger partial charge in [0.05, 0.1) is 0 Å². The van der Waals surface area contributed by atoms with Crippen molar-refractivity contribution in [3.8, 4) is 0 Å². The SMILES string of the molecule is C=C(C)[C@H]1CC=C(C)CC1.CN1CCCC1=O. The Balaban J connectivity index is 0.000000181. The summed E-state index contributed by atoms with van der Waals surface area (Å²) in [4.78, 5) is 12.3. The normalized spacial score (nSPS) is 23.9. The van der Waals surface area contributed by atoms with Crippen molar-refractivity contribution in [1.29, 1.82) is 0 Å². The Kier molecular flexibility index (Phi) is 5.46. The van der Waals surface area contributed by atoms with Crippen molar-refractivity contribution in [3.05, 3.63) is 23.8 Å². The minimum Gasteiger partial charge on any atom is -0.346 e. The van der Waals surface area contributed by atoms with Gasteiger partial charge in [0, 0.05) is 20.0 Å². The van der Waals surface area contributed by atoms with E-state index in [1.807, 2.05) is 7.05 Å². The third-order valence-corrected chi connectivity index (χ3v) is 3.64. The molecule has 0 unspecified atom stereocenters. The Labute approximate surface area is 105 Å². The van der Waals surface area contributed by atoms with Gasteiger partial charge in [-0.05, 0) is 45.4 Å². The van der Waals surface area contributed by atoms with E-state index in [4.69, 9.17) is 0 Å². The van der Waals surface area contributed by atoms with Crippen LogP contribution >= 0.6 is 0 Å². The van der Waals surface area contributed by atoms with Crippen LogP contribution in [0.1, 0.15) is 46.0 Å². The maximum atomic E-state index is 10.5. The highest BCUT2D eigenvalue weighted by molar-refractivity contribution is 5.77. The molecular formula is C15H25NO. The molecule has 0 bridgehead atoms. The van der Waals surface area contributed by atoms with Crippen molar-refractivity contribution in [2.75, 3.05) is 13.6 Å². The molecule has 0 saturated carbocycles. The molecule has 2 nitrogen and oxygen atoms in total. The molecule has 0 aromatic heterocycles. The molecule has 1 saturated heterocycles. The van der Waals surface area contributed by atoms with Crippen molar-refractivity contribution in [1.82, 2.24) is 4.90 Å². The van der Waals surface area contributed by atoms with Gasteiger partial charge in [0.2, 0.25) is 5.91 Å². The fourth-order valence-electron chi connectivity index (χ4n) is 2.20. The summed E-state index contributed by atoms with van der Waals surface area (Å²) in [6, 6.07) is 0. The third-order valence-electron chi connectivity index (χ3n) is 3.64. The first-order chi connectivity index (χ1) is 8.00. The molecule has 2 heteroatoms. The van der Waals surface area contributed by atoms with E-state index in [1.165, 1.54) is 24.8 Å². The molecule has 17 heavy (non-hydrogen) atoms. The Bertz CT molecular complexity index is 317. The molecule has 2 rings (SSSR count). The van der Waals surface area contributed by atoms with Crippen LogP contribution in [0.15, 0.2) is 23.8 Å². The number of hydrogen-bond acceptors (Lipinski definition) is 1. The highest BCUT2D eigenvalue weighted by atomic mass is 16.2. The van der Waals surface area contributed by atoms with Crippen LogP contribution in [0.4, 0.5) is 0 Å². The Morgan fingerprint density at radius 1 is 1.47 bits per heavy atom. The average molecular weight is 235 g/mol. The molecule has 0 spiro atoms. The van der Waals surface area contributed by atoms with Gasteiger partial charge < -0.3 is 4.90 Å². The molecule has 1 heterocycles. The van der Waals surface area contributed by atoms with Gasteiger partial charge in [-0.1, -0.05) is 23.8 Å². The van der Waals surface area contributed by atoms with Crippen molar-refractivity contribution in [2.45, 2.75) is 46.0 Å². The predicted molar refractivity (Wildman–Crippen MR) is 72.8 cm³/mol. The van der Waals surface area contributed by atoms with Crippen LogP contribution in [0.2, 0.25) is 0 Å². The Hall–Kier alpha value is -1.05. The number of amides is 1. The summed E-state index contributed by atoms with van der Waals surface area (Å²) in [6.07, 6.45) is 7.98. The fourth-order valence-corrected chi connectivity index (χ4v) is 2.20. The summed E-state index contributed by atoms with van der Waals surface area (Å²) >= 11 is 0.